The SMILES string of the molecule is CCc1ccsc1CNCc1ccc(-n2cccn2)cc1. The van der Waals surface area contributed by atoms with Gasteiger partial charge in [-0.3, -0.25) is 0 Å². The van der Waals surface area contributed by atoms with Crippen molar-refractivity contribution in [3.8, 4) is 5.69 Å². The summed E-state index contributed by atoms with van der Waals surface area (Å²) >= 11 is 1.84. The third kappa shape index (κ3) is 3.40. The molecule has 1 N–H and O–H groups in total. The first-order valence-electron chi connectivity index (χ1n) is 7.21. The Morgan fingerprint density at radius 3 is 2.71 bits per heavy atom. The zero-order valence-electron chi connectivity index (χ0n) is 12.1. The van der Waals surface area contributed by atoms with Gasteiger partial charge in [-0.1, -0.05) is 19.1 Å². The summed E-state index contributed by atoms with van der Waals surface area (Å²) in [5.74, 6) is 0. The number of hydrogen-bond donors (Lipinski definition) is 1. The average Bonchev–Trinajstić information content (AvgIpc) is 3.19. The molecule has 0 aliphatic rings. The molecular formula is C17H19N3S. The molecule has 2 aromatic heterocycles. The lowest BCUT2D eigenvalue weighted by molar-refractivity contribution is 0.696. The van der Waals surface area contributed by atoms with E-state index in [0.717, 1.165) is 25.2 Å². The molecule has 0 bridgehead atoms. The smallest absolute Gasteiger partial charge is 0.0645 e. The Balaban J connectivity index is 1.56. The fourth-order valence-electron chi connectivity index (χ4n) is 2.35. The first-order valence-corrected chi connectivity index (χ1v) is 8.09. The first-order chi connectivity index (χ1) is 10.4. The minimum Gasteiger partial charge on any atom is -0.308 e. The van der Waals surface area contributed by atoms with Crippen molar-refractivity contribution in [1.29, 1.82) is 0 Å². The predicted molar refractivity (Wildman–Crippen MR) is 87.8 cm³/mol. The lowest BCUT2D eigenvalue weighted by Gasteiger charge is -2.07. The minimum atomic E-state index is 0.889. The highest BCUT2D eigenvalue weighted by Crippen LogP contribution is 2.17. The summed E-state index contributed by atoms with van der Waals surface area (Å²) in [5, 5.41) is 9.93. The molecule has 108 valence electrons. The van der Waals surface area contributed by atoms with Gasteiger partial charge in [-0.25, -0.2) is 4.68 Å². The maximum absolute atomic E-state index is 4.23. The molecule has 2 heterocycles. The fraction of sp³-hybridized carbons (Fsp3) is 0.235. The van der Waals surface area contributed by atoms with Crippen LogP contribution in [0.1, 0.15) is 22.9 Å². The van der Waals surface area contributed by atoms with Gasteiger partial charge >= 0.3 is 0 Å². The number of aromatic nitrogens is 2. The summed E-state index contributed by atoms with van der Waals surface area (Å²) in [4.78, 5) is 1.45. The zero-order chi connectivity index (χ0) is 14.5. The number of aryl methyl sites for hydroxylation is 1. The van der Waals surface area contributed by atoms with Crippen LogP contribution >= 0.6 is 11.3 Å². The second kappa shape index (κ2) is 6.70. The monoisotopic (exact) mass is 297 g/mol. The van der Waals surface area contributed by atoms with Gasteiger partial charge < -0.3 is 5.32 Å². The van der Waals surface area contributed by atoms with Gasteiger partial charge in [-0.2, -0.15) is 5.10 Å². The molecule has 21 heavy (non-hydrogen) atoms. The van der Waals surface area contributed by atoms with Gasteiger partial charge in [0.2, 0.25) is 0 Å². The van der Waals surface area contributed by atoms with Gasteiger partial charge in [-0.05, 0) is 47.2 Å². The minimum absolute atomic E-state index is 0.889. The van der Waals surface area contributed by atoms with Crippen molar-refractivity contribution in [3.63, 3.8) is 0 Å². The lowest BCUT2D eigenvalue weighted by Crippen LogP contribution is -2.12. The highest BCUT2D eigenvalue weighted by Gasteiger charge is 2.02. The Hall–Kier alpha value is -1.91. The lowest BCUT2D eigenvalue weighted by atomic mass is 10.2. The highest BCUT2D eigenvalue weighted by atomic mass is 32.1. The Labute approximate surface area is 129 Å². The van der Waals surface area contributed by atoms with Crippen LogP contribution in [0.25, 0.3) is 5.69 Å². The molecule has 0 spiro atoms. The number of nitrogens with one attached hydrogen (secondary N) is 1. The van der Waals surface area contributed by atoms with Crippen LogP contribution in [0, 0.1) is 0 Å². The predicted octanol–water partition coefficient (Wildman–Crippen LogP) is 3.79. The molecule has 0 aliphatic heterocycles. The number of hydrogen-bond acceptors (Lipinski definition) is 3. The van der Waals surface area contributed by atoms with Crippen molar-refractivity contribution < 1.29 is 0 Å². The molecule has 3 rings (SSSR count). The molecule has 4 heteroatoms. The summed E-state index contributed by atoms with van der Waals surface area (Å²) in [6, 6.07) is 12.7. The quantitative estimate of drug-likeness (QED) is 0.750. The van der Waals surface area contributed by atoms with Crippen LogP contribution in [-0.4, -0.2) is 9.78 Å². The van der Waals surface area contributed by atoms with E-state index >= 15 is 0 Å². The van der Waals surface area contributed by atoms with Crippen molar-refractivity contribution in [2.45, 2.75) is 26.4 Å². The van der Waals surface area contributed by atoms with Crippen molar-refractivity contribution in [2.75, 3.05) is 0 Å². The fourth-order valence-corrected chi connectivity index (χ4v) is 3.29. The van der Waals surface area contributed by atoms with Gasteiger partial charge in [0.1, 0.15) is 0 Å². The molecule has 1 aromatic carbocycles. The number of rotatable bonds is 6. The molecule has 3 nitrogen and oxygen atoms in total. The van der Waals surface area contributed by atoms with E-state index in [1.165, 1.54) is 16.0 Å². The molecule has 0 unspecified atom stereocenters. The Kier molecular flexibility index (Phi) is 4.48. The summed E-state index contributed by atoms with van der Waals surface area (Å²) in [6.45, 7) is 4.04. The van der Waals surface area contributed by atoms with E-state index in [1.807, 2.05) is 28.3 Å². The van der Waals surface area contributed by atoms with Crippen LogP contribution in [0.4, 0.5) is 0 Å². The zero-order valence-corrected chi connectivity index (χ0v) is 12.9. The molecule has 0 aliphatic carbocycles. The van der Waals surface area contributed by atoms with Gasteiger partial charge in [0.15, 0.2) is 0 Å². The number of benzene rings is 1. The van der Waals surface area contributed by atoms with Crippen molar-refractivity contribution >= 4 is 11.3 Å². The molecular weight excluding hydrogens is 278 g/mol. The summed E-state index contributed by atoms with van der Waals surface area (Å²) in [7, 11) is 0. The van der Waals surface area contributed by atoms with Crippen LogP contribution in [0.5, 0.6) is 0 Å². The highest BCUT2D eigenvalue weighted by molar-refractivity contribution is 7.10. The summed E-state index contributed by atoms with van der Waals surface area (Å²) in [6.07, 6.45) is 4.86. The molecule has 0 saturated carbocycles. The van der Waals surface area contributed by atoms with Crippen LogP contribution < -0.4 is 5.32 Å². The van der Waals surface area contributed by atoms with Gasteiger partial charge in [-0.15, -0.1) is 11.3 Å². The van der Waals surface area contributed by atoms with E-state index in [0.29, 0.717) is 0 Å². The summed E-state index contributed by atoms with van der Waals surface area (Å²) in [5.41, 5.74) is 3.84. The summed E-state index contributed by atoms with van der Waals surface area (Å²) < 4.78 is 1.87. The second-order valence-electron chi connectivity index (χ2n) is 4.94. The number of nitrogens with zero attached hydrogens (tertiary/aromatic N) is 2. The van der Waals surface area contributed by atoms with E-state index in [-0.39, 0.29) is 0 Å². The third-order valence-electron chi connectivity index (χ3n) is 3.54. The van der Waals surface area contributed by atoms with Crippen molar-refractivity contribution in [2.24, 2.45) is 0 Å². The van der Waals surface area contributed by atoms with E-state index in [1.54, 1.807) is 6.20 Å². The molecule has 3 aromatic rings. The van der Waals surface area contributed by atoms with E-state index in [4.69, 9.17) is 0 Å². The number of thiophene rings is 1. The van der Waals surface area contributed by atoms with E-state index < -0.39 is 0 Å². The topological polar surface area (TPSA) is 29.9 Å². The molecule has 0 radical (unpaired) electrons. The normalized spacial score (nSPS) is 10.9. The van der Waals surface area contributed by atoms with E-state index in [2.05, 4.69) is 53.1 Å². The van der Waals surface area contributed by atoms with Crippen LogP contribution in [0.3, 0.4) is 0 Å². The van der Waals surface area contributed by atoms with Crippen molar-refractivity contribution in [1.82, 2.24) is 15.1 Å². The van der Waals surface area contributed by atoms with Gasteiger partial charge in [0, 0.05) is 30.4 Å². The average molecular weight is 297 g/mol. The van der Waals surface area contributed by atoms with Gasteiger partial charge in [0.05, 0.1) is 5.69 Å². The second-order valence-corrected chi connectivity index (χ2v) is 5.94. The molecule has 0 atom stereocenters. The Bertz CT molecular complexity index is 668. The molecule has 0 amide bonds. The van der Waals surface area contributed by atoms with Crippen molar-refractivity contribution in [3.05, 3.63) is 70.2 Å². The van der Waals surface area contributed by atoms with Crippen LogP contribution in [0.15, 0.2) is 54.2 Å². The molecule has 0 saturated heterocycles. The third-order valence-corrected chi connectivity index (χ3v) is 4.50. The maximum atomic E-state index is 4.23. The first kappa shape index (κ1) is 14.0. The molecule has 0 fully saturated rings. The van der Waals surface area contributed by atoms with E-state index in [9.17, 15) is 0 Å². The van der Waals surface area contributed by atoms with Crippen LogP contribution in [-0.2, 0) is 19.5 Å². The maximum Gasteiger partial charge on any atom is 0.0645 e. The Morgan fingerprint density at radius 2 is 2.00 bits per heavy atom. The van der Waals surface area contributed by atoms with Gasteiger partial charge in [0.25, 0.3) is 0 Å². The Morgan fingerprint density at radius 1 is 1.14 bits per heavy atom. The standard InChI is InChI=1S/C17H19N3S/c1-2-15-8-11-21-17(15)13-18-12-14-4-6-16(7-5-14)20-10-3-9-19-20/h3-11,18H,2,12-13H2,1H3. The largest absolute Gasteiger partial charge is 0.308 e. The van der Waals surface area contributed by atoms with Crippen LogP contribution in [0.2, 0.25) is 0 Å².